The first-order valence-corrected chi connectivity index (χ1v) is 13.9. The number of halogens is 3. The first kappa shape index (κ1) is 30.4. The van der Waals surface area contributed by atoms with E-state index in [0.29, 0.717) is 31.7 Å². The van der Waals surface area contributed by atoms with E-state index in [4.69, 9.17) is 9.72 Å². The van der Waals surface area contributed by atoms with Crippen LogP contribution in [0.15, 0.2) is 42.5 Å². The Morgan fingerprint density at radius 3 is 2.32 bits per heavy atom. The van der Waals surface area contributed by atoms with Gasteiger partial charge in [-0.1, -0.05) is 12.1 Å². The van der Waals surface area contributed by atoms with E-state index in [0.717, 1.165) is 17.0 Å². The van der Waals surface area contributed by atoms with Gasteiger partial charge in [0, 0.05) is 37.3 Å². The van der Waals surface area contributed by atoms with Gasteiger partial charge in [0.15, 0.2) is 0 Å². The van der Waals surface area contributed by atoms with E-state index in [1.54, 1.807) is 32.9 Å². The van der Waals surface area contributed by atoms with E-state index in [9.17, 15) is 33.3 Å². The maximum Gasteiger partial charge on any atom is 0.407 e. The summed E-state index contributed by atoms with van der Waals surface area (Å²) >= 11 is 0. The molecule has 2 aliphatic rings. The van der Waals surface area contributed by atoms with Gasteiger partial charge >= 0.3 is 17.9 Å². The van der Waals surface area contributed by atoms with Crippen molar-refractivity contribution in [3.63, 3.8) is 0 Å². The van der Waals surface area contributed by atoms with Crippen LogP contribution in [0.25, 0.3) is 22.4 Å². The number of nitrogens with one attached hydrogen (secondary N) is 1. The number of piperidine rings is 1. The van der Waals surface area contributed by atoms with Crippen LogP contribution in [0.1, 0.15) is 50.3 Å². The number of pyridine rings is 1. The quantitative estimate of drug-likeness (QED) is 0.397. The molecule has 44 heavy (non-hydrogen) atoms. The summed E-state index contributed by atoms with van der Waals surface area (Å²) in [5.74, 6) is -5.53. The summed E-state index contributed by atoms with van der Waals surface area (Å²) in [7, 11) is 1.26. The number of carbonyl (C=O) groups excluding carboxylic acids is 2. The lowest BCUT2D eigenvalue weighted by molar-refractivity contribution is -0.141. The van der Waals surface area contributed by atoms with Gasteiger partial charge in [0.1, 0.15) is 23.3 Å². The van der Waals surface area contributed by atoms with Gasteiger partial charge in [0.05, 0.1) is 34.1 Å². The highest BCUT2D eigenvalue weighted by Crippen LogP contribution is 2.46. The van der Waals surface area contributed by atoms with Crippen molar-refractivity contribution in [3.05, 3.63) is 65.0 Å². The van der Waals surface area contributed by atoms with E-state index in [-0.39, 0.29) is 45.2 Å². The number of aromatic nitrogens is 1. The number of amides is 2. The topological polar surface area (TPSA) is 122 Å². The number of likely N-dealkylation sites (N-methyl/N-ethyl adjacent to an activating group) is 1. The lowest BCUT2D eigenvalue weighted by Crippen LogP contribution is -2.46. The Bertz CT molecular complexity index is 1750. The predicted octanol–water partition coefficient (Wildman–Crippen LogP) is 5.86. The predicted molar refractivity (Wildman–Crippen MR) is 156 cm³/mol. The van der Waals surface area contributed by atoms with Gasteiger partial charge in [-0.25, -0.2) is 14.2 Å². The van der Waals surface area contributed by atoms with Crippen molar-refractivity contribution in [1.82, 2.24) is 10.3 Å². The van der Waals surface area contributed by atoms with Gasteiger partial charge < -0.3 is 19.9 Å². The number of benzene rings is 2. The average molecular weight is 603 g/mol. The smallest absolute Gasteiger partial charge is 0.407 e. The number of anilines is 2. The van der Waals surface area contributed by atoms with Crippen molar-refractivity contribution in [3.8, 4) is 34.5 Å². The summed E-state index contributed by atoms with van der Waals surface area (Å²) < 4.78 is 50.0. The first-order chi connectivity index (χ1) is 20.7. The minimum Gasteiger partial charge on any atom is -0.444 e. The monoisotopic (exact) mass is 602 g/mol. The van der Waals surface area contributed by atoms with Crippen LogP contribution in [0.4, 0.5) is 29.5 Å². The van der Waals surface area contributed by atoms with Crippen LogP contribution in [0.3, 0.4) is 0 Å². The molecule has 12 heteroatoms. The highest BCUT2D eigenvalue weighted by Gasteiger charge is 2.51. The number of nitriles is 2. The van der Waals surface area contributed by atoms with E-state index in [1.807, 2.05) is 4.90 Å². The number of ether oxygens (including phenoxy) is 1. The lowest BCUT2D eigenvalue weighted by atomic mass is 9.92. The normalized spacial score (nSPS) is 16.2. The van der Waals surface area contributed by atoms with E-state index < -0.39 is 34.9 Å². The van der Waals surface area contributed by atoms with Crippen molar-refractivity contribution >= 4 is 23.5 Å². The summed E-state index contributed by atoms with van der Waals surface area (Å²) in [5, 5.41) is 22.3. The fraction of sp³-hybridized carbons (Fsp3) is 0.344. The van der Waals surface area contributed by atoms with Gasteiger partial charge in [0.25, 0.3) is 0 Å². The van der Waals surface area contributed by atoms with Crippen molar-refractivity contribution in [2.75, 3.05) is 29.9 Å². The van der Waals surface area contributed by atoms with Gasteiger partial charge in [-0.3, -0.25) is 4.79 Å². The zero-order valence-electron chi connectivity index (χ0n) is 24.5. The zero-order chi connectivity index (χ0) is 32.0. The molecule has 2 aliphatic heterocycles. The minimum absolute atomic E-state index is 0.0423. The van der Waals surface area contributed by atoms with Crippen molar-refractivity contribution in [2.45, 2.75) is 51.2 Å². The molecule has 0 radical (unpaired) electrons. The van der Waals surface area contributed by atoms with Crippen LogP contribution >= 0.6 is 0 Å². The Balaban J connectivity index is 1.56. The average Bonchev–Trinajstić information content (AvgIpc) is 3.15. The zero-order valence-corrected chi connectivity index (χ0v) is 24.5. The number of alkyl halides is 2. The maximum absolute atomic E-state index is 14.9. The highest BCUT2D eigenvalue weighted by atomic mass is 19.3. The molecule has 0 saturated carbocycles. The van der Waals surface area contributed by atoms with Crippen molar-refractivity contribution in [1.29, 1.82) is 10.5 Å². The highest BCUT2D eigenvalue weighted by molar-refractivity contribution is 6.06. The summed E-state index contributed by atoms with van der Waals surface area (Å²) in [4.78, 5) is 32.0. The molecule has 0 atom stereocenters. The third-order valence-corrected chi connectivity index (χ3v) is 7.59. The SMILES string of the molecule is CN1C(=O)C(F)(F)c2cc(-c3c(C#N)cc(N4CCC(NC(=O)OC(C)(C)C)CC4)nc3-c3ccc(C#N)c(F)c3)ccc21. The van der Waals surface area contributed by atoms with Crippen LogP contribution in [0.2, 0.25) is 0 Å². The van der Waals surface area contributed by atoms with Crippen LogP contribution in [0.5, 0.6) is 0 Å². The molecule has 0 bridgehead atoms. The standard InChI is InChI=1S/C32H29F3N6O3/c1-31(2,3)44-30(43)38-22-9-11-41(12-10-22)26-15-21(17-37)27(28(39-26)19-5-6-20(16-36)24(33)14-19)18-7-8-25-23(13-18)32(34,35)29(42)40(25)4/h5-8,13-15,22H,9-12H2,1-4H3,(H,38,43). The van der Waals surface area contributed by atoms with Crippen LogP contribution in [-0.2, 0) is 15.5 Å². The fourth-order valence-electron chi connectivity index (χ4n) is 5.43. The number of hydrogen-bond donors (Lipinski definition) is 1. The molecule has 2 amide bonds. The summed E-state index contributed by atoms with van der Waals surface area (Å²) in [6, 6.07) is 13.2. The molecule has 2 aromatic carbocycles. The molecule has 3 aromatic rings. The molecule has 1 fully saturated rings. The largest absolute Gasteiger partial charge is 0.444 e. The molecule has 1 N–H and O–H groups in total. The van der Waals surface area contributed by atoms with Crippen LogP contribution in [-0.4, -0.2) is 48.8 Å². The van der Waals surface area contributed by atoms with Gasteiger partial charge in [-0.05, 0) is 69.5 Å². The maximum atomic E-state index is 14.9. The third-order valence-electron chi connectivity index (χ3n) is 7.59. The van der Waals surface area contributed by atoms with Crippen LogP contribution in [0, 0.1) is 28.5 Å². The van der Waals surface area contributed by atoms with Crippen LogP contribution < -0.4 is 15.1 Å². The lowest BCUT2D eigenvalue weighted by Gasteiger charge is -2.34. The Labute approximate surface area is 252 Å². The fourth-order valence-corrected chi connectivity index (χ4v) is 5.43. The Morgan fingerprint density at radius 1 is 1.05 bits per heavy atom. The second kappa shape index (κ2) is 11.2. The number of fused-ring (bicyclic) bond motifs is 1. The van der Waals surface area contributed by atoms with Crippen molar-refractivity contribution < 1.29 is 27.5 Å². The van der Waals surface area contributed by atoms with Gasteiger partial charge in [0.2, 0.25) is 0 Å². The summed E-state index contributed by atoms with van der Waals surface area (Å²) in [6.07, 6.45) is 0.614. The number of hydrogen-bond acceptors (Lipinski definition) is 7. The molecular weight excluding hydrogens is 573 g/mol. The molecule has 3 heterocycles. The number of carbonyl (C=O) groups is 2. The Morgan fingerprint density at radius 2 is 1.70 bits per heavy atom. The molecule has 1 aromatic heterocycles. The van der Waals surface area contributed by atoms with Gasteiger partial charge in [-0.2, -0.15) is 19.3 Å². The molecule has 0 unspecified atom stereocenters. The Kier molecular flexibility index (Phi) is 7.72. The molecule has 226 valence electrons. The molecule has 9 nitrogen and oxygen atoms in total. The third kappa shape index (κ3) is 5.63. The van der Waals surface area contributed by atoms with E-state index in [2.05, 4.69) is 11.4 Å². The number of rotatable bonds is 4. The molecule has 0 spiro atoms. The number of nitrogens with zero attached hydrogens (tertiary/aromatic N) is 5. The van der Waals surface area contributed by atoms with E-state index >= 15 is 0 Å². The number of alkyl carbamates (subject to hydrolysis) is 1. The molecule has 0 aliphatic carbocycles. The summed E-state index contributed by atoms with van der Waals surface area (Å²) in [5.41, 5.74) is -0.424. The minimum atomic E-state index is -3.77. The second-order valence-corrected chi connectivity index (χ2v) is 11.7. The second-order valence-electron chi connectivity index (χ2n) is 11.7. The Hall–Kier alpha value is -5.10. The molecular formula is C32H29F3N6O3. The molecule has 1 saturated heterocycles. The van der Waals surface area contributed by atoms with Crippen molar-refractivity contribution in [2.24, 2.45) is 0 Å². The van der Waals surface area contributed by atoms with Gasteiger partial charge in [-0.15, -0.1) is 0 Å². The first-order valence-electron chi connectivity index (χ1n) is 13.9. The summed E-state index contributed by atoms with van der Waals surface area (Å²) in [6.45, 7) is 6.28. The van der Waals surface area contributed by atoms with E-state index in [1.165, 1.54) is 31.3 Å². The molecule has 5 rings (SSSR count).